The summed E-state index contributed by atoms with van der Waals surface area (Å²) in [6.45, 7) is -0.116. The van der Waals surface area contributed by atoms with Crippen LogP contribution in [0.15, 0.2) is 28.9 Å². The molecule has 2 nitrogen and oxygen atoms in total. The number of nitrogens with zero attached hydrogens (tertiary/aromatic N) is 1. The minimum absolute atomic E-state index is 0.116. The van der Waals surface area contributed by atoms with Crippen LogP contribution in [0.4, 0.5) is 4.39 Å². The van der Waals surface area contributed by atoms with Crippen molar-refractivity contribution in [2.75, 3.05) is 0 Å². The molecule has 1 N–H and O–H groups in total. The molecular weight excluding hydrogens is 249 g/mol. The monoisotopic (exact) mass is 255 g/mol. The van der Waals surface area contributed by atoms with E-state index in [2.05, 4.69) is 20.9 Å². The fourth-order valence-corrected chi connectivity index (χ4v) is 1.80. The van der Waals surface area contributed by atoms with E-state index < -0.39 is 5.82 Å². The molecule has 0 atom stereocenters. The first-order valence-corrected chi connectivity index (χ1v) is 4.85. The molecule has 0 fully saturated rings. The van der Waals surface area contributed by atoms with Gasteiger partial charge in [0.1, 0.15) is 5.82 Å². The predicted octanol–water partition coefficient (Wildman–Crippen LogP) is 2.63. The molecule has 2 aromatic rings. The molecule has 0 saturated heterocycles. The van der Waals surface area contributed by atoms with E-state index in [9.17, 15) is 4.39 Å². The molecular formula is C10H7BrFNO. The molecule has 1 aromatic heterocycles. The second kappa shape index (κ2) is 3.63. The highest BCUT2D eigenvalue weighted by Gasteiger charge is 2.05. The Bertz CT molecular complexity index is 487. The van der Waals surface area contributed by atoms with Crippen LogP contribution in [0.3, 0.4) is 0 Å². The highest BCUT2D eigenvalue weighted by Crippen LogP contribution is 2.25. The summed E-state index contributed by atoms with van der Waals surface area (Å²) in [5, 5.41) is 9.69. The number of halogens is 2. The zero-order valence-corrected chi connectivity index (χ0v) is 8.75. The van der Waals surface area contributed by atoms with Crippen molar-refractivity contribution in [1.29, 1.82) is 0 Å². The molecule has 14 heavy (non-hydrogen) atoms. The Kier molecular flexibility index (Phi) is 2.48. The Hall–Kier alpha value is -1.00. The van der Waals surface area contributed by atoms with Crippen molar-refractivity contribution < 1.29 is 9.50 Å². The summed E-state index contributed by atoms with van der Waals surface area (Å²) in [4.78, 5) is 3.96. The summed E-state index contributed by atoms with van der Waals surface area (Å²) in [7, 11) is 0. The lowest BCUT2D eigenvalue weighted by Gasteiger charge is -2.04. The number of benzene rings is 1. The summed E-state index contributed by atoms with van der Waals surface area (Å²) >= 11 is 3.32. The molecule has 0 aliphatic carbocycles. The van der Waals surface area contributed by atoms with Gasteiger partial charge in [0.25, 0.3) is 0 Å². The maximum absolute atomic E-state index is 12.9. The second-order valence-corrected chi connectivity index (χ2v) is 3.77. The Morgan fingerprint density at radius 3 is 2.93 bits per heavy atom. The molecule has 1 heterocycles. The molecule has 72 valence electrons. The van der Waals surface area contributed by atoms with Crippen LogP contribution in [0.5, 0.6) is 0 Å². The van der Waals surface area contributed by atoms with Gasteiger partial charge in [-0.1, -0.05) is 6.07 Å². The van der Waals surface area contributed by atoms with E-state index in [0.29, 0.717) is 16.5 Å². The van der Waals surface area contributed by atoms with Crippen molar-refractivity contribution in [3.05, 3.63) is 40.2 Å². The number of fused-ring (bicyclic) bond motifs is 1. The third kappa shape index (κ3) is 1.51. The largest absolute Gasteiger partial charge is 0.392 e. The van der Waals surface area contributed by atoms with Crippen LogP contribution in [0.2, 0.25) is 0 Å². The van der Waals surface area contributed by atoms with Gasteiger partial charge in [-0.05, 0) is 33.6 Å². The van der Waals surface area contributed by atoms with Gasteiger partial charge in [-0.15, -0.1) is 0 Å². The lowest BCUT2D eigenvalue weighted by atomic mass is 10.1. The van der Waals surface area contributed by atoms with Gasteiger partial charge in [0.05, 0.1) is 18.3 Å². The first kappa shape index (κ1) is 9.55. The molecule has 1 aromatic carbocycles. The highest BCUT2D eigenvalue weighted by molar-refractivity contribution is 9.10. The van der Waals surface area contributed by atoms with E-state index >= 15 is 0 Å². The quantitative estimate of drug-likeness (QED) is 0.850. The van der Waals surface area contributed by atoms with Crippen LogP contribution in [0.25, 0.3) is 10.9 Å². The average molecular weight is 256 g/mol. The molecule has 0 radical (unpaired) electrons. The van der Waals surface area contributed by atoms with Gasteiger partial charge in [0, 0.05) is 9.86 Å². The Morgan fingerprint density at radius 2 is 2.21 bits per heavy atom. The van der Waals surface area contributed by atoms with E-state index in [4.69, 9.17) is 5.11 Å². The van der Waals surface area contributed by atoms with Crippen LogP contribution in [-0.2, 0) is 6.61 Å². The maximum Gasteiger partial charge on any atom is 0.142 e. The lowest BCUT2D eigenvalue weighted by Crippen LogP contribution is -1.90. The smallest absolute Gasteiger partial charge is 0.142 e. The number of hydrogen-bond donors (Lipinski definition) is 1. The molecule has 0 bridgehead atoms. The molecule has 0 unspecified atom stereocenters. The van der Waals surface area contributed by atoms with Crippen molar-refractivity contribution in [2.24, 2.45) is 0 Å². The Labute approximate surface area is 88.5 Å². The summed E-state index contributed by atoms with van der Waals surface area (Å²) in [5.41, 5.74) is 1.34. The van der Waals surface area contributed by atoms with E-state index in [-0.39, 0.29) is 6.61 Å². The molecule has 0 saturated carbocycles. The number of aromatic nitrogens is 1. The number of aliphatic hydroxyl groups is 1. The summed E-state index contributed by atoms with van der Waals surface area (Å²) in [5.74, 6) is -0.398. The summed E-state index contributed by atoms with van der Waals surface area (Å²) in [6, 6.07) is 4.91. The van der Waals surface area contributed by atoms with Crippen molar-refractivity contribution in [1.82, 2.24) is 4.98 Å². The number of pyridine rings is 1. The Morgan fingerprint density at radius 1 is 1.43 bits per heavy atom. The van der Waals surface area contributed by atoms with Crippen LogP contribution in [0, 0.1) is 5.82 Å². The van der Waals surface area contributed by atoms with Crippen LogP contribution in [-0.4, -0.2) is 10.1 Å². The van der Waals surface area contributed by atoms with Gasteiger partial charge in [-0.2, -0.15) is 0 Å². The average Bonchev–Trinajstić information content (AvgIpc) is 2.18. The molecule has 4 heteroatoms. The van der Waals surface area contributed by atoms with Crippen molar-refractivity contribution >= 4 is 26.8 Å². The SMILES string of the molecule is OCc1ccc(Br)c2ncc(F)cc12. The van der Waals surface area contributed by atoms with E-state index in [1.165, 1.54) is 6.07 Å². The topological polar surface area (TPSA) is 33.1 Å². The normalized spacial score (nSPS) is 10.8. The van der Waals surface area contributed by atoms with Gasteiger partial charge >= 0.3 is 0 Å². The van der Waals surface area contributed by atoms with Crippen molar-refractivity contribution in [3.63, 3.8) is 0 Å². The minimum Gasteiger partial charge on any atom is -0.392 e. The van der Waals surface area contributed by atoms with Gasteiger partial charge in [-0.3, -0.25) is 4.98 Å². The van der Waals surface area contributed by atoms with Gasteiger partial charge < -0.3 is 5.11 Å². The maximum atomic E-state index is 12.9. The van der Waals surface area contributed by atoms with Gasteiger partial charge in [0.2, 0.25) is 0 Å². The summed E-state index contributed by atoms with van der Waals surface area (Å²) in [6.07, 6.45) is 1.16. The van der Waals surface area contributed by atoms with Crippen molar-refractivity contribution in [2.45, 2.75) is 6.61 Å². The third-order valence-electron chi connectivity index (χ3n) is 2.03. The van der Waals surface area contributed by atoms with Gasteiger partial charge in [0.15, 0.2) is 0 Å². The fourth-order valence-electron chi connectivity index (χ4n) is 1.35. The van der Waals surface area contributed by atoms with E-state index in [1.54, 1.807) is 12.1 Å². The minimum atomic E-state index is -0.398. The number of aliphatic hydroxyl groups excluding tert-OH is 1. The lowest BCUT2D eigenvalue weighted by molar-refractivity contribution is 0.283. The van der Waals surface area contributed by atoms with Gasteiger partial charge in [-0.25, -0.2) is 4.39 Å². The third-order valence-corrected chi connectivity index (χ3v) is 2.67. The second-order valence-electron chi connectivity index (χ2n) is 2.91. The van der Waals surface area contributed by atoms with E-state index in [0.717, 1.165) is 10.7 Å². The number of hydrogen-bond acceptors (Lipinski definition) is 2. The first-order valence-electron chi connectivity index (χ1n) is 4.06. The van der Waals surface area contributed by atoms with E-state index in [1.807, 2.05) is 0 Å². The zero-order chi connectivity index (χ0) is 10.1. The summed E-state index contributed by atoms with van der Waals surface area (Å²) < 4.78 is 13.7. The van der Waals surface area contributed by atoms with Crippen LogP contribution < -0.4 is 0 Å². The molecule has 0 aliphatic heterocycles. The predicted molar refractivity (Wildman–Crippen MR) is 55.3 cm³/mol. The zero-order valence-electron chi connectivity index (χ0n) is 7.17. The standard InChI is InChI=1S/C10H7BrFNO/c11-9-2-1-6(5-14)8-3-7(12)4-13-10(8)9/h1-4,14H,5H2. The van der Waals surface area contributed by atoms with Crippen LogP contribution >= 0.6 is 15.9 Å². The first-order chi connectivity index (χ1) is 6.72. The molecule has 0 amide bonds. The highest BCUT2D eigenvalue weighted by atomic mass is 79.9. The molecule has 0 spiro atoms. The van der Waals surface area contributed by atoms with Crippen LogP contribution in [0.1, 0.15) is 5.56 Å². The Balaban J connectivity index is 2.85. The molecule has 0 aliphatic rings. The fraction of sp³-hybridized carbons (Fsp3) is 0.100. The molecule has 2 rings (SSSR count). The number of rotatable bonds is 1. The van der Waals surface area contributed by atoms with Crippen molar-refractivity contribution in [3.8, 4) is 0 Å².